The Morgan fingerprint density at radius 3 is 3.33 bits per heavy atom. The number of hydrogen-bond donors (Lipinski definition) is 1. The molecule has 1 heteroatoms. The van der Waals surface area contributed by atoms with E-state index >= 15 is 0 Å². The van der Waals surface area contributed by atoms with Gasteiger partial charge in [0.05, 0.1) is 0 Å². The van der Waals surface area contributed by atoms with Gasteiger partial charge in [-0.05, 0) is 30.9 Å². The topological polar surface area (TPSA) is 12.0 Å². The van der Waals surface area contributed by atoms with Crippen molar-refractivity contribution in [3.05, 3.63) is 23.4 Å². The zero-order chi connectivity index (χ0) is 6.10. The van der Waals surface area contributed by atoms with Crippen molar-refractivity contribution in [1.29, 1.82) is 0 Å². The third kappa shape index (κ3) is 0.766. The van der Waals surface area contributed by atoms with Crippen LogP contribution in [0.2, 0.25) is 0 Å². The van der Waals surface area contributed by atoms with Crippen LogP contribution in [0.3, 0.4) is 0 Å². The van der Waals surface area contributed by atoms with E-state index in [0.29, 0.717) is 0 Å². The van der Waals surface area contributed by atoms with Crippen LogP contribution in [0.25, 0.3) is 0 Å². The Kier molecular flexibility index (Phi) is 1.08. The Morgan fingerprint density at radius 2 is 2.44 bits per heavy atom. The standard InChI is InChI=1S/C8H10N/c1-3-7-4-2-6-9-8(7)5-1/h2,9H,1,3,5-6H2. The van der Waals surface area contributed by atoms with E-state index in [4.69, 9.17) is 0 Å². The number of hydrogen-bond acceptors (Lipinski definition) is 1. The van der Waals surface area contributed by atoms with E-state index < -0.39 is 0 Å². The van der Waals surface area contributed by atoms with Crippen LogP contribution in [0.1, 0.15) is 19.3 Å². The monoisotopic (exact) mass is 120 g/mol. The summed E-state index contributed by atoms with van der Waals surface area (Å²) in [6.07, 6.45) is 9.15. The predicted molar refractivity (Wildman–Crippen MR) is 36.7 cm³/mol. The summed E-state index contributed by atoms with van der Waals surface area (Å²) in [5.74, 6) is 0. The quantitative estimate of drug-likeness (QED) is 0.509. The lowest BCUT2D eigenvalue weighted by atomic mass is 10.2. The van der Waals surface area contributed by atoms with Crippen LogP contribution in [-0.4, -0.2) is 6.54 Å². The van der Waals surface area contributed by atoms with Crippen LogP contribution in [0.15, 0.2) is 17.3 Å². The van der Waals surface area contributed by atoms with Gasteiger partial charge < -0.3 is 5.32 Å². The van der Waals surface area contributed by atoms with Crippen molar-refractivity contribution >= 4 is 0 Å². The molecule has 1 heterocycles. The summed E-state index contributed by atoms with van der Waals surface area (Å²) in [4.78, 5) is 0. The molecular weight excluding hydrogens is 110 g/mol. The Morgan fingerprint density at radius 1 is 1.44 bits per heavy atom. The van der Waals surface area contributed by atoms with E-state index in [9.17, 15) is 0 Å². The van der Waals surface area contributed by atoms with Crippen LogP contribution in [0.5, 0.6) is 0 Å². The van der Waals surface area contributed by atoms with Crippen LogP contribution in [-0.2, 0) is 0 Å². The fourth-order valence-corrected chi connectivity index (χ4v) is 1.45. The smallest absolute Gasteiger partial charge is 0.0337 e. The maximum Gasteiger partial charge on any atom is 0.0337 e. The van der Waals surface area contributed by atoms with Crippen molar-refractivity contribution in [3.63, 3.8) is 0 Å². The molecule has 9 heavy (non-hydrogen) atoms. The minimum absolute atomic E-state index is 0.985. The van der Waals surface area contributed by atoms with Crippen LogP contribution in [0.4, 0.5) is 0 Å². The second-order valence-corrected chi connectivity index (χ2v) is 2.54. The largest absolute Gasteiger partial charge is 0.385 e. The first kappa shape index (κ1) is 5.10. The zero-order valence-electron chi connectivity index (χ0n) is 5.41. The molecule has 0 unspecified atom stereocenters. The van der Waals surface area contributed by atoms with Crippen LogP contribution >= 0.6 is 0 Å². The fourth-order valence-electron chi connectivity index (χ4n) is 1.45. The summed E-state index contributed by atoms with van der Waals surface area (Å²) >= 11 is 0. The fraction of sp³-hybridized carbons (Fsp3) is 0.500. The molecule has 0 saturated carbocycles. The molecule has 47 valence electrons. The maximum atomic E-state index is 3.34. The Labute approximate surface area is 55.5 Å². The highest BCUT2D eigenvalue weighted by Gasteiger charge is 2.13. The number of rotatable bonds is 0. The molecule has 0 saturated heterocycles. The first-order valence-electron chi connectivity index (χ1n) is 3.51. The van der Waals surface area contributed by atoms with E-state index in [0.717, 1.165) is 6.54 Å². The van der Waals surface area contributed by atoms with Gasteiger partial charge in [0.15, 0.2) is 0 Å². The normalized spacial score (nSPS) is 24.0. The number of dihydropyridines is 1. The highest BCUT2D eigenvalue weighted by molar-refractivity contribution is 5.27. The van der Waals surface area contributed by atoms with Crippen molar-refractivity contribution in [2.45, 2.75) is 19.3 Å². The van der Waals surface area contributed by atoms with Gasteiger partial charge in [-0.25, -0.2) is 0 Å². The van der Waals surface area contributed by atoms with Gasteiger partial charge >= 0.3 is 0 Å². The predicted octanol–water partition coefficient (Wildman–Crippen LogP) is 1.39. The zero-order valence-corrected chi connectivity index (χ0v) is 5.41. The van der Waals surface area contributed by atoms with Gasteiger partial charge in [0.25, 0.3) is 0 Å². The lowest BCUT2D eigenvalue weighted by Crippen LogP contribution is -2.15. The minimum Gasteiger partial charge on any atom is -0.385 e. The molecule has 0 spiro atoms. The molecule has 0 bridgehead atoms. The van der Waals surface area contributed by atoms with Gasteiger partial charge in [0.1, 0.15) is 0 Å². The highest BCUT2D eigenvalue weighted by atomic mass is 14.9. The van der Waals surface area contributed by atoms with Gasteiger partial charge in [-0.3, -0.25) is 0 Å². The molecule has 1 N–H and O–H groups in total. The number of nitrogens with one attached hydrogen (secondary N) is 1. The van der Waals surface area contributed by atoms with Gasteiger partial charge in [0, 0.05) is 12.2 Å². The molecule has 0 fully saturated rings. The van der Waals surface area contributed by atoms with Crippen LogP contribution in [0, 0.1) is 6.08 Å². The lowest BCUT2D eigenvalue weighted by Gasteiger charge is -2.09. The molecule has 1 aliphatic carbocycles. The molecule has 0 amide bonds. The second-order valence-electron chi connectivity index (χ2n) is 2.54. The summed E-state index contributed by atoms with van der Waals surface area (Å²) in [6.45, 7) is 0.985. The Hall–Kier alpha value is -0.720. The molecule has 0 aromatic carbocycles. The SMILES string of the molecule is [C]1=CCNC2=C1CCC2. The first-order valence-corrected chi connectivity index (χ1v) is 3.51. The molecular formula is C8H10N. The van der Waals surface area contributed by atoms with Crippen molar-refractivity contribution in [3.8, 4) is 0 Å². The van der Waals surface area contributed by atoms with Crippen molar-refractivity contribution in [1.82, 2.24) is 5.32 Å². The summed E-state index contributed by atoms with van der Waals surface area (Å²) < 4.78 is 0. The van der Waals surface area contributed by atoms with Gasteiger partial charge in [-0.2, -0.15) is 0 Å². The summed E-state index contributed by atoms with van der Waals surface area (Å²) in [7, 11) is 0. The van der Waals surface area contributed by atoms with Crippen molar-refractivity contribution < 1.29 is 0 Å². The molecule has 0 aromatic heterocycles. The second kappa shape index (κ2) is 1.90. The molecule has 2 aliphatic rings. The summed E-state index contributed by atoms with van der Waals surface area (Å²) in [5.41, 5.74) is 2.86. The van der Waals surface area contributed by atoms with E-state index in [1.54, 1.807) is 0 Å². The number of allylic oxidation sites excluding steroid dienone is 3. The average molecular weight is 120 g/mol. The van der Waals surface area contributed by atoms with Crippen molar-refractivity contribution in [2.24, 2.45) is 0 Å². The molecule has 1 radical (unpaired) electrons. The molecule has 1 nitrogen and oxygen atoms in total. The first-order chi connectivity index (χ1) is 4.47. The molecule has 0 atom stereocenters. The molecule has 2 rings (SSSR count). The van der Waals surface area contributed by atoms with Gasteiger partial charge in [-0.1, -0.05) is 6.08 Å². The van der Waals surface area contributed by atoms with E-state index in [2.05, 4.69) is 17.5 Å². The third-order valence-corrected chi connectivity index (χ3v) is 1.91. The Bertz CT molecular complexity index is 177. The maximum absolute atomic E-state index is 3.34. The highest BCUT2D eigenvalue weighted by Crippen LogP contribution is 2.25. The minimum atomic E-state index is 0.985. The lowest BCUT2D eigenvalue weighted by molar-refractivity contribution is 0.813. The van der Waals surface area contributed by atoms with Gasteiger partial charge in [0.2, 0.25) is 0 Å². The molecule has 1 aliphatic heterocycles. The molecule has 0 aromatic rings. The van der Waals surface area contributed by atoms with E-state index in [1.807, 2.05) is 0 Å². The van der Waals surface area contributed by atoms with Crippen LogP contribution < -0.4 is 5.32 Å². The summed E-state index contributed by atoms with van der Waals surface area (Å²) in [6, 6.07) is 0. The van der Waals surface area contributed by atoms with Crippen molar-refractivity contribution in [2.75, 3.05) is 6.54 Å². The van der Waals surface area contributed by atoms with Gasteiger partial charge in [-0.15, -0.1) is 0 Å². The summed E-state index contributed by atoms with van der Waals surface area (Å²) in [5, 5.41) is 3.34. The van der Waals surface area contributed by atoms with E-state index in [-0.39, 0.29) is 0 Å². The van der Waals surface area contributed by atoms with E-state index in [1.165, 1.54) is 30.5 Å². The Balaban J connectivity index is 2.28. The third-order valence-electron chi connectivity index (χ3n) is 1.91. The average Bonchev–Trinajstić information content (AvgIpc) is 2.33.